The predicted molar refractivity (Wildman–Crippen MR) is 93.7 cm³/mol. The molecule has 1 saturated heterocycles. The highest BCUT2D eigenvalue weighted by molar-refractivity contribution is 5.96. The van der Waals surface area contributed by atoms with Gasteiger partial charge in [-0.2, -0.15) is 0 Å². The number of alkyl halides is 2. The standard InChI is InChI=1S/C19H18F2N4O/c1-13-23-16-11-14(18(26)24-9-7-19(20,21)8-10-24)12-22-17(16)25(13)15-5-3-2-4-6-15/h2-6,11-12H,7-10H2,1H3. The van der Waals surface area contributed by atoms with Gasteiger partial charge in [-0.1, -0.05) is 18.2 Å². The van der Waals surface area contributed by atoms with Gasteiger partial charge in [-0.25, -0.2) is 18.7 Å². The molecule has 0 saturated carbocycles. The third kappa shape index (κ3) is 2.94. The summed E-state index contributed by atoms with van der Waals surface area (Å²) >= 11 is 0. The van der Waals surface area contributed by atoms with Crippen LogP contribution >= 0.6 is 0 Å². The number of aromatic nitrogens is 3. The number of aryl methyl sites for hydroxylation is 1. The number of hydrogen-bond acceptors (Lipinski definition) is 3. The summed E-state index contributed by atoms with van der Waals surface area (Å²) in [5, 5.41) is 0. The highest BCUT2D eigenvalue weighted by Crippen LogP contribution is 2.28. The van der Waals surface area contributed by atoms with E-state index >= 15 is 0 Å². The Bertz CT molecular complexity index is 958. The molecule has 0 bridgehead atoms. The number of imidazole rings is 1. The number of para-hydroxylation sites is 1. The Hall–Kier alpha value is -2.83. The second-order valence-corrected chi connectivity index (χ2v) is 6.54. The van der Waals surface area contributed by atoms with Crippen molar-refractivity contribution in [2.45, 2.75) is 25.7 Å². The van der Waals surface area contributed by atoms with E-state index in [-0.39, 0.29) is 31.8 Å². The van der Waals surface area contributed by atoms with Gasteiger partial charge in [0.05, 0.1) is 5.56 Å². The Morgan fingerprint density at radius 2 is 1.85 bits per heavy atom. The minimum Gasteiger partial charge on any atom is -0.338 e. The van der Waals surface area contributed by atoms with Crippen molar-refractivity contribution in [3.63, 3.8) is 0 Å². The number of amides is 1. The second kappa shape index (κ2) is 6.16. The van der Waals surface area contributed by atoms with Crippen LogP contribution in [0.5, 0.6) is 0 Å². The quantitative estimate of drug-likeness (QED) is 0.705. The van der Waals surface area contributed by atoms with Crippen molar-refractivity contribution in [1.82, 2.24) is 19.4 Å². The van der Waals surface area contributed by atoms with Crippen LogP contribution in [0.2, 0.25) is 0 Å². The maximum absolute atomic E-state index is 13.3. The summed E-state index contributed by atoms with van der Waals surface area (Å²) in [5.41, 5.74) is 2.59. The van der Waals surface area contributed by atoms with Gasteiger partial charge in [0, 0.05) is 37.8 Å². The van der Waals surface area contributed by atoms with E-state index in [0.29, 0.717) is 16.7 Å². The fourth-order valence-corrected chi connectivity index (χ4v) is 3.30. The first-order chi connectivity index (χ1) is 12.4. The van der Waals surface area contributed by atoms with Crippen molar-refractivity contribution in [2.24, 2.45) is 0 Å². The average molecular weight is 356 g/mol. The van der Waals surface area contributed by atoms with E-state index < -0.39 is 5.92 Å². The first kappa shape index (κ1) is 16.6. The number of hydrogen-bond donors (Lipinski definition) is 0. The van der Waals surface area contributed by atoms with E-state index in [1.54, 1.807) is 6.07 Å². The minimum atomic E-state index is -2.68. The van der Waals surface area contributed by atoms with Crippen LogP contribution in [0.4, 0.5) is 8.78 Å². The topological polar surface area (TPSA) is 51.0 Å². The average Bonchev–Trinajstić information content (AvgIpc) is 2.96. The number of likely N-dealkylation sites (tertiary alicyclic amines) is 1. The third-order valence-corrected chi connectivity index (χ3v) is 4.71. The highest BCUT2D eigenvalue weighted by Gasteiger charge is 2.35. The molecule has 5 nitrogen and oxygen atoms in total. The van der Waals surface area contributed by atoms with Gasteiger partial charge in [0.1, 0.15) is 11.3 Å². The number of fused-ring (bicyclic) bond motifs is 1. The molecule has 0 spiro atoms. The highest BCUT2D eigenvalue weighted by atomic mass is 19.3. The first-order valence-corrected chi connectivity index (χ1v) is 8.52. The maximum Gasteiger partial charge on any atom is 0.255 e. The summed E-state index contributed by atoms with van der Waals surface area (Å²) in [6.07, 6.45) is 0.907. The van der Waals surface area contributed by atoms with E-state index in [4.69, 9.17) is 0 Å². The van der Waals surface area contributed by atoms with Gasteiger partial charge >= 0.3 is 0 Å². The molecule has 2 aromatic heterocycles. The molecular formula is C19H18F2N4O. The molecule has 1 aliphatic rings. The molecule has 0 atom stereocenters. The Labute approximate surface area is 149 Å². The zero-order valence-electron chi connectivity index (χ0n) is 14.3. The van der Waals surface area contributed by atoms with E-state index in [9.17, 15) is 13.6 Å². The van der Waals surface area contributed by atoms with Crippen LogP contribution in [0.1, 0.15) is 29.0 Å². The Morgan fingerprint density at radius 3 is 2.54 bits per heavy atom. The summed E-state index contributed by atoms with van der Waals surface area (Å²) in [6.45, 7) is 1.99. The lowest BCUT2D eigenvalue weighted by Gasteiger charge is -2.31. The lowest BCUT2D eigenvalue weighted by Crippen LogP contribution is -2.42. The summed E-state index contributed by atoms with van der Waals surface area (Å²) < 4.78 is 28.5. The number of halogens is 2. The Morgan fingerprint density at radius 1 is 1.15 bits per heavy atom. The Balaban J connectivity index is 1.66. The number of carbonyl (C=O) groups is 1. The lowest BCUT2D eigenvalue weighted by atomic mass is 10.1. The van der Waals surface area contributed by atoms with Gasteiger partial charge in [0.2, 0.25) is 0 Å². The lowest BCUT2D eigenvalue weighted by molar-refractivity contribution is -0.0494. The van der Waals surface area contributed by atoms with E-state index in [1.165, 1.54) is 11.1 Å². The molecule has 0 aliphatic carbocycles. The van der Waals surface area contributed by atoms with Crippen molar-refractivity contribution in [2.75, 3.05) is 13.1 Å². The molecule has 1 aromatic carbocycles. The van der Waals surface area contributed by atoms with Crippen molar-refractivity contribution >= 4 is 17.1 Å². The molecule has 4 rings (SSSR count). The Kier molecular flexibility index (Phi) is 3.94. The van der Waals surface area contributed by atoms with Crippen molar-refractivity contribution < 1.29 is 13.6 Å². The largest absolute Gasteiger partial charge is 0.338 e. The zero-order chi connectivity index (χ0) is 18.3. The fraction of sp³-hybridized carbons (Fsp3) is 0.316. The molecule has 3 aromatic rings. The molecule has 0 radical (unpaired) electrons. The first-order valence-electron chi connectivity index (χ1n) is 8.52. The fourth-order valence-electron chi connectivity index (χ4n) is 3.30. The molecule has 1 aliphatic heterocycles. The molecule has 1 fully saturated rings. The van der Waals surface area contributed by atoms with Crippen LogP contribution in [-0.4, -0.2) is 44.4 Å². The number of benzene rings is 1. The van der Waals surface area contributed by atoms with E-state index in [1.807, 2.05) is 41.8 Å². The summed E-state index contributed by atoms with van der Waals surface area (Å²) in [7, 11) is 0. The molecule has 3 heterocycles. The van der Waals surface area contributed by atoms with Crippen molar-refractivity contribution in [1.29, 1.82) is 0 Å². The maximum atomic E-state index is 13.3. The van der Waals surface area contributed by atoms with Gasteiger partial charge in [0.15, 0.2) is 5.65 Å². The molecule has 0 N–H and O–H groups in total. The van der Waals surface area contributed by atoms with Crippen LogP contribution < -0.4 is 0 Å². The molecule has 1 amide bonds. The summed E-state index contributed by atoms with van der Waals surface area (Å²) in [5.74, 6) is -2.19. The third-order valence-electron chi connectivity index (χ3n) is 4.71. The van der Waals surface area contributed by atoms with Crippen LogP contribution in [0.3, 0.4) is 0 Å². The van der Waals surface area contributed by atoms with Gasteiger partial charge < -0.3 is 4.90 Å². The predicted octanol–water partition coefficient (Wildman–Crippen LogP) is 3.60. The van der Waals surface area contributed by atoms with Crippen LogP contribution in [0, 0.1) is 6.92 Å². The van der Waals surface area contributed by atoms with Crippen molar-refractivity contribution in [3.05, 3.63) is 54.0 Å². The van der Waals surface area contributed by atoms with Gasteiger partial charge in [0.25, 0.3) is 11.8 Å². The molecule has 26 heavy (non-hydrogen) atoms. The smallest absolute Gasteiger partial charge is 0.255 e. The summed E-state index contributed by atoms with van der Waals surface area (Å²) in [6, 6.07) is 11.4. The molecular weight excluding hydrogens is 338 g/mol. The van der Waals surface area contributed by atoms with E-state index in [0.717, 1.165) is 11.5 Å². The monoisotopic (exact) mass is 356 g/mol. The second-order valence-electron chi connectivity index (χ2n) is 6.54. The SMILES string of the molecule is Cc1nc2cc(C(=O)N3CCC(F)(F)CC3)cnc2n1-c1ccccc1. The number of carbonyl (C=O) groups excluding carboxylic acids is 1. The molecule has 0 unspecified atom stereocenters. The molecule has 134 valence electrons. The zero-order valence-corrected chi connectivity index (χ0v) is 14.3. The van der Waals surface area contributed by atoms with Gasteiger partial charge in [-0.15, -0.1) is 0 Å². The summed E-state index contributed by atoms with van der Waals surface area (Å²) in [4.78, 5) is 23.0. The number of rotatable bonds is 2. The molecule has 7 heteroatoms. The van der Waals surface area contributed by atoms with Crippen LogP contribution in [-0.2, 0) is 0 Å². The van der Waals surface area contributed by atoms with Gasteiger partial charge in [-0.05, 0) is 25.1 Å². The number of nitrogens with zero attached hydrogens (tertiary/aromatic N) is 4. The number of pyridine rings is 1. The van der Waals surface area contributed by atoms with E-state index in [2.05, 4.69) is 9.97 Å². The minimum absolute atomic E-state index is 0.0569. The van der Waals surface area contributed by atoms with Gasteiger partial charge in [-0.3, -0.25) is 9.36 Å². The number of piperidine rings is 1. The normalized spacial score (nSPS) is 16.8. The van der Waals surface area contributed by atoms with Crippen LogP contribution in [0.25, 0.3) is 16.9 Å². The van der Waals surface area contributed by atoms with Crippen molar-refractivity contribution in [3.8, 4) is 5.69 Å². The van der Waals surface area contributed by atoms with Crippen LogP contribution in [0.15, 0.2) is 42.6 Å².